The number of likely N-dealkylation sites (tertiary alicyclic amines) is 1. The lowest BCUT2D eigenvalue weighted by Crippen LogP contribution is -2.44. The van der Waals surface area contributed by atoms with Gasteiger partial charge in [-0.15, -0.1) is 0 Å². The highest BCUT2D eigenvalue weighted by Crippen LogP contribution is 2.12. The van der Waals surface area contributed by atoms with E-state index in [-0.39, 0.29) is 16.9 Å². The van der Waals surface area contributed by atoms with Crippen molar-refractivity contribution in [1.82, 2.24) is 9.88 Å². The van der Waals surface area contributed by atoms with E-state index in [0.29, 0.717) is 11.5 Å². The van der Waals surface area contributed by atoms with E-state index in [9.17, 15) is 4.79 Å². The highest BCUT2D eigenvalue weighted by molar-refractivity contribution is 7.80. The summed E-state index contributed by atoms with van der Waals surface area (Å²) < 4.78 is 0. The molecule has 2 rings (SSSR count). The highest BCUT2D eigenvalue weighted by atomic mass is 32.1. The van der Waals surface area contributed by atoms with E-state index < -0.39 is 0 Å². The number of rotatable bonds is 4. The van der Waals surface area contributed by atoms with Crippen molar-refractivity contribution >= 4 is 28.9 Å². The minimum absolute atomic E-state index is 0.118. The number of carbonyl (C=O) groups excluding carboxylic acids is 1. The van der Waals surface area contributed by atoms with E-state index in [4.69, 9.17) is 18.0 Å². The molecule has 20 heavy (non-hydrogen) atoms. The van der Waals surface area contributed by atoms with Gasteiger partial charge < -0.3 is 16.0 Å². The molecule has 1 saturated heterocycles. The Morgan fingerprint density at radius 1 is 1.40 bits per heavy atom. The molecule has 0 spiro atoms. The molecule has 1 amide bonds. The summed E-state index contributed by atoms with van der Waals surface area (Å²) in [5, 5.41) is 3.12. The first kappa shape index (κ1) is 14.7. The second kappa shape index (κ2) is 6.65. The number of pyridine rings is 1. The summed E-state index contributed by atoms with van der Waals surface area (Å²) in [5.74, 6) is 0.736. The second-order valence-electron chi connectivity index (χ2n) is 5.02. The molecule has 1 atom stereocenters. The average Bonchev–Trinajstić information content (AvgIpc) is 2.47. The topological polar surface area (TPSA) is 71.2 Å². The van der Waals surface area contributed by atoms with Gasteiger partial charge >= 0.3 is 0 Å². The van der Waals surface area contributed by atoms with Gasteiger partial charge in [0.05, 0.1) is 5.69 Å². The van der Waals surface area contributed by atoms with Crippen LogP contribution in [0.2, 0.25) is 0 Å². The van der Waals surface area contributed by atoms with Crippen molar-refractivity contribution in [3.63, 3.8) is 0 Å². The van der Waals surface area contributed by atoms with Crippen molar-refractivity contribution in [3.05, 3.63) is 23.9 Å². The molecule has 1 fully saturated rings. The summed E-state index contributed by atoms with van der Waals surface area (Å²) in [6, 6.07) is 5.08. The Labute approximate surface area is 124 Å². The van der Waals surface area contributed by atoms with Crippen molar-refractivity contribution in [2.45, 2.75) is 32.2 Å². The van der Waals surface area contributed by atoms with E-state index in [1.54, 1.807) is 6.07 Å². The zero-order valence-electron chi connectivity index (χ0n) is 11.6. The van der Waals surface area contributed by atoms with Crippen LogP contribution < -0.4 is 11.1 Å². The molecule has 1 unspecified atom stereocenters. The number of aromatic nitrogens is 1. The Morgan fingerprint density at radius 3 is 2.75 bits per heavy atom. The van der Waals surface area contributed by atoms with E-state index in [1.807, 2.05) is 24.0 Å². The van der Waals surface area contributed by atoms with Crippen molar-refractivity contribution in [1.29, 1.82) is 0 Å². The molecule has 0 aromatic carbocycles. The lowest BCUT2D eigenvalue weighted by atomic mass is 10.1. The Balaban J connectivity index is 1.99. The molecule has 5 nitrogen and oxygen atoms in total. The minimum atomic E-state index is -0.304. The maximum Gasteiger partial charge on any atom is 0.244 e. The molecule has 1 aromatic rings. The molecular weight excluding hydrogens is 272 g/mol. The summed E-state index contributed by atoms with van der Waals surface area (Å²) in [6.07, 6.45) is 3.39. The molecule has 0 radical (unpaired) electrons. The van der Waals surface area contributed by atoms with Gasteiger partial charge in [0, 0.05) is 13.1 Å². The van der Waals surface area contributed by atoms with E-state index >= 15 is 0 Å². The number of amides is 1. The zero-order valence-corrected chi connectivity index (χ0v) is 12.4. The van der Waals surface area contributed by atoms with Gasteiger partial charge in [0.2, 0.25) is 5.91 Å². The quantitative estimate of drug-likeness (QED) is 0.824. The summed E-state index contributed by atoms with van der Waals surface area (Å²) in [4.78, 5) is 18.8. The van der Waals surface area contributed by atoms with Crippen LogP contribution in [0.3, 0.4) is 0 Å². The van der Waals surface area contributed by atoms with E-state index in [2.05, 4.69) is 10.3 Å². The zero-order chi connectivity index (χ0) is 14.5. The average molecular weight is 292 g/mol. The molecule has 6 heteroatoms. The Morgan fingerprint density at radius 2 is 2.10 bits per heavy atom. The van der Waals surface area contributed by atoms with Crippen molar-refractivity contribution in [2.24, 2.45) is 5.73 Å². The van der Waals surface area contributed by atoms with E-state index in [0.717, 1.165) is 25.9 Å². The van der Waals surface area contributed by atoms with Crippen molar-refractivity contribution in [2.75, 3.05) is 18.4 Å². The first-order valence-corrected chi connectivity index (χ1v) is 7.31. The van der Waals surface area contributed by atoms with Crippen LogP contribution in [0.15, 0.2) is 18.2 Å². The van der Waals surface area contributed by atoms with Crippen LogP contribution in [-0.4, -0.2) is 39.9 Å². The molecule has 1 aliphatic heterocycles. The standard InChI is InChI=1S/C14H20N4OS/c1-10(14(19)18-8-3-2-4-9-18)16-12-7-5-6-11(17-12)13(15)20/h5-7,10H,2-4,8-9H2,1H3,(H2,15,20)(H,16,17). The maximum atomic E-state index is 12.3. The van der Waals surface area contributed by atoms with Crippen LogP contribution in [0.25, 0.3) is 0 Å². The fourth-order valence-corrected chi connectivity index (χ4v) is 2.44. The summed E-state index contributed by atoms with van der Waals surface area (Å²) in [5.41, 5.74) is 6.11. The van der Waals surface area contributed by atoms with Crippen LogP contribution in [-0.2, 0) is 4.79 Å². The van der Waals surface area contributed by atoms with Crippen LogP contribution in [0.4, 0.5) is 5.82 Å². The molecule has 0 bridgehead atoms. The van der Waals surface area contributed by atoms with Crippen LogP contribution in [0, 0.1) is 0 Å². The SMILES string of the molecule is CC(Nc1cccc(C(N)=S)n1)C(=O)N1CCCCC1. The fraction of sp³-hybridized carbons (Fsp3) is 0.500. The largest absolute Gasteiger partial charge is 0.388 e. The molecule has 1 aliphatic rings. The number of thiocarbonyl (C=S) groups is 1. The van der Waals surface area contributed by atoms with Gasteiger partial charge in [0.1, 0.15) is 16.8 Å². The van der Waals surface area contributed by atoms with Crippen LogP contribution in [0.1, 0.15) is 31.9 Å². The summed E-state index contributed by atoms with van der Waals surface area (Å²) >= 11 is 4.90. The number of hydrogen-bond donors (Lipinski definition) is 2. The predicted octanol–water partition coefficient (Wildman–Crippen LogP) is 1.53. The number of carbonyl (C=O) groups is 1. The highest BCUT2D eigenvalue weighted by Gasteiger charge is 2.22. The van der Waals surface area contributed by atoms with Gasteiger partial charge in [0.25, 0.3) is 0 Å². The van der Waals surface area contributed by atoms with Crippen molar-refractivity contribution in [3.8, 4) is 0 Å². The molecular formula is C14H20N4OS. The Kier molecular flexibility index (Phi) is 4.89. The summed E-state index contributed by atoms with van der Waals surface area (Å²) in [6.45, 7) is 3.56. The Hall–Kier alpha value is -1.69. The summed E-state index contributed by atoms with van der Waals surface area (Å²) in [7, 11) is 0. The number of nitrogens with two attached hydrogens (primary N) is 1. The van der Waals surface area contributed by atoms with Gasteiger partial charge in [-0.3, -0.25) is 4.79 Å². The molecule has 0 aliphatic carbocycles. The maximum absolute atomic E-state index is 12.3. The normalized spacial score (nSPS) is 16.6. The van der Waals surface area contributed by atoms with Gasteiger partial charge in [-0.1, -0.05) is 18.3 Å². The Bertz CT molecular complexity index is 500. The molecule has 108 valence electrons. The molecule has 3 N–H and O–H groups in total. The smallest absolute Gasteiger partial charge is 0.244 e. The third-order valence-corrected chi connectivity index (χ3v) is 3.61. The molecule has 1 aromatic heterocycles. The van der Waals surface area contributed by atoms with Gasteiger partial charge in [-0.05, 0) is 38.3 Å². The molecule has 2 heterocycles. The number of piperidine rings is 1. The first-order chi connectivity index (χ1) is 9.58. The molecule has 0 saturated carbocycles. The minimum Gasteiger partial charge on any atom is -0.388 e. The number of nitrogens with one attached hydrogen (secondary N) is 1. The number of nitrogens with zero attached hydrogens (tertiary/aromatic N) is 2. The third-order valence-electron chi connectivity index (χ3n) is 3.40. The van der Waals surface area contributed by atoms with Crippen LogP contribution in [0.5, 0.6) is 0 Å². The van der Waals surface area contributed by atoms with Crippen molar-refractivity contribution < 1.29 is 4.79 Å². The monoisotopic (exact) mass is 292 g/mol. The third kappa shape index (κ3) is 3.66. The number of anilines is 1. The first-order valence-electron chi connectivity index (χ1n) is 6.90. The predicted molar refractivity (Wildman–Crippen MR) is 83.6 cm³/mol. The van der Waals surface area contributed by atoms with E-state index in [1.165, 1.54) is 6.42 Å². The van der Waals surface area contributed by atoms with Gasteiger partial charge in [-0.25, -0.2) is 4.98 Å². The van der Waals surface area contributed by atoms with Crippen LogP contribution >= 0.6 is 12.2 Å². The second-order valence-corrected chi connectivity index (χ2v) is 5.46. The fourth-order valence-electron chi connectivity index (χ4n) is 2.32. The lowest BCUT2D eigenvalue weighted by molar-refractivity contribution is -0.132. The lowest BCUT2D eigenvalue weighted by Gasteiger charge is -2.29. The van der Waals surface area contributed by atoms with Gasteiger partial charge in [-0.2, -0.15) is 0 Å². The number of hydrogen-bond acceptors (Lipinski definition) is 4. The van der Waals surface area contributed by atoms with Gasteiger partial charge in [0.15, 0.2) is 0 Å².